The molecule has 0 spiro atoms. The Labute approximate surface area is 122 Å². The lowest BCUT2D eigenvalue weighted by Crippen LogP contribution is -2.15. The zero-order chi connectivity index (χ0) is 13.0. The predicted octanol–water partition coefficient (Wildman–Crippen LogP) is 3.60. The van der Waals surface area contributed by atoms with Crippen LogP contribution in [-0.2, 0) is 13.0 Å². The highest BCUT2D eigenvalue weighted by atomic mass is 79.9. The molecule has 0 radical (unpaired) electrons. The molecular weight excluding hydrogens is 334 g/mol. The second kappa shape index (κ2) is 6.47. The van der Waals surface area contributed by atoms with Crippen LogP contribution >= 0.6 is 38.6 Å². The number of halogens is 1. The Bertz CT molecular complexity index is 536. The van der Waals surface area contributed by atoms with Crippen LogP contribution < -0.4 is 5.32 Å². The Morgan fingerprint density at radius 3 is 2.61 bits per heavy atom. The molecule has 0 fully saturated rings. The third-order valence-corrected chi connectivity index (χ3v) is 5.11. The molecule has 2 rings (SSSR count). The Morgan fingerprint density at radius 2 is 2.00 bits per heavy atom. The van der Waals surface area contributed by atoms with E-state index >= 15 is 0 Å². The van der Waals surface area contributed by atoms with Crippen molar-refractivity contribution in [2.24, 2.45) is 0 Å². The zero-order valence-electron chi connectivity index (χ0n) is 9.48. The van der Waals surface area contributed by atoms with Crippen molar-refractivity contribution in [2.75, 3.05) is 6.54 Å². The van der Waals surface area contributed by atoms with E-state index in [4.69, 9.17) is 5.11 Å². The number of hydrogen-bond donors (Lipinski definition) is 2. The Morgan fingerprint density at radius 1 is 1.22 bits per heavy atom. The molecule has 18 heavy (non-hydrogen) atoms. The summed E-state index contributed by atoms with van der Waals surface area (Å²) in [5.41, 5.74) is 0. The predicted molar refractivity (Wildman–Crippen MR) is 78.7 cm³/mol. The van der Waals surface area contributed by atoms with Gasteiger partial charge in [0.05, 0.1) is 3.79 Å². The number of carboxylic acid groups (broad SMARTS) is 1. The number of rotatable bonds is 6. The van der Waals surface area contributed by atoms with E-state index in [0.717, 1.165) is 28.2 Å². The quantitative estimate of drug-likeness (QED) is 0.786. The Hall–Kier alpha value is -0.690. The van der Waals surface area contributed by atoms with Crippen molar-refractivity contribution >= 4 is 44.6 Å². The standard InChI is InChI=1S/C12H12BrNO2S2/c13-11-4-2-8(18-11)5-6-14-7-9-1-3-10(17-9)12(15)16/h1-4,14H,5-7H2,(H,15,16). The van der Waals surface area contributed by atoms with Crippen molar-refractivity contribution in [1.29, 1.82) is 0 Å². The fourth-order valence-electron chi connectivity index (χ4n) is 1.50. The number of aromatic carboxylic acids is 1. The van der Waals surface area contributed by atoms with Crippen LogP contribution in [-0.4, -0.2) is 17.6 Å². The maximum absolute atomic E-state index is 10.7. The van der Waals surface area contributed by atoms with Crippen molar-refractivity contribution in [2.45, 2.75) is 13.0 Å². The molecule has 3 nitrogen and oxygen atoms in total. The summed E-state index contributed by atoms with van der Waals surface area (Å²) in [7, 11) is 0. The number of hydrogen-bond acceptors (Lipinski definition) is 4. The molecule has 0 saturated heterocycles. The van der Waals surface area contributed by atoms with E-state index in [1.54, 1.807) is 17.4 Å². The van der Waals surface area contributed by atoms with Crippen LogP contribution in [0, 0.1) is 0 Å². The molecule has 2 heterocycles. The molecule has 0 unspecified atom stereocenters. The SMILES string of the molecule is O=C(O)c1ccc(CNCCc2ccc(Br)s2)s1. The fourth-order valence-corrected chi connectivity index (χ4v) is 3.80. The van der Waals surface area contributed by atoms with Crippen molar-refractivity contribution < 1.29 is 9.90 Å². The second-order valence-electron chi connectivity index (χ2n) is 3.70. The van der Waals surface area contributed by atoms with E-state index < -0.39 is 5.97 Å². The Balaban J connectivity index is 1.73. The monoisotopic (exact) mass is 345 g/mol. The highest BCUT2D eigenvalue weighted by molar-refractivity contribution is 9.11. The van der Waals surface area contributed by atoms with E-state index in [9.17, 15) is 4.79 Å². The third-order valence-electron chi connectivity index (χ3n) is 2.35. The summed E-state index contributed by atoms with van der Waals surface area (Å²) in [6.45, 7) is 1.62. The first kappa shape index (κ1) is 13.7. The molecule has 0 atom stereocenters. The lowest BCUT2D eigenvalue weighted by molar-refractivity contribution is 0.0702. The second-order valence-corrected chi connectivity index (χ2v) is 7.42. The summed E-state index contributed by atoms with van der Waals surface area (Å²) in [6.07, 6.45) is 0.993. The van der Waals surface area contributed by atoms with Crippen LogP contribution in [0.2, 0.25) is 0 Å². The van der Waals surface area contributed by atoms with Gasteiger partial charge in [-0.15, -0.1) is 22.7 Å². The molecule has 2 aromatic rings. The summed E-state index contributed by atoms with van der Waals surface area (Å²) in [5.74, 6) is -0.852. The van der Waals surface area contributed by atoms with Crippen LogP contribution in [0.1, 0.15) is 19.4 Å². The van der Waals surface area contributed by atoms with Gasteiger partial charge in [0.2, 0.25) is 0 Å². The molecule has 0 saturated carbocycles. The number of thiophene rings is 2. The molecule has 0 aromatic carbocycles. The first-order chi connectivity index (χ1) is 8.65. The normalized spacial score (nSPS) is 10.7. The fraction of sp³-hybridized carbons (Fsp3) is 0.250. The largest absolute Gasteiger partial charge is 0.477 e. The van der Waals surface area contributed by atoms with Gasteiger partial charge in [-0.1, -0.05) is 0 Å². The van der Waals surface area contributed by atoms with Crippen molar-refractivity contribution in [3.8, 4) is 0 Å². The van der Waals surface area contributed by atoms with E-state index in [1.807, 2.05) is 6.07 Å². The average molecular weight is 346 g/mol. The van der Waals surface area contributed by atoms with Crippen LogP contribution in [0.5, 0.6) is 0 Å². The molecule has 6 heteroatoms. The lowest BCUT2D eigenvalue weighted by atomic mass is 10.3. The smallest absolute Gasteiger partial charge is 0.345 e. The minimum atomic E-state index is -0.852. The molecule has 2 N–H and O–H groups in total. The number of carboxylic acids is 1. The minimum Gasteiger partial charge on any atom is -0.477 e. The van der Waals surface area contributed by atoms with Gasteiger partial charge in [0.15, 0.2) is 0 Å². The maximum Gasteiger partial charge on any atom is 0.345 e. The molecule has 0 aliphatic carbocycles. The molecule has 2 aromatic heterocycles. The average Bonchev–Trinajstić information content (AvgIpc) is 2.93. The van der Waals surface area contributed by atoms with Gasteiger partial charge in [0.25, 0.3) is 0 Å². The first-order valence-corrected chi connectivity index (χ1v) is 7.84. The highest BCUT2D eigenvalue weighted by Crippen LogP contribution is 2.22. The molecule has 96 valence electrons. The highest BCUT2D eigenvalue weighted by Gasteiger charge is 2.06. The van der Waals surface area contributed by atoms with Gasteiger partial charge < -0.3 is 10.4 Å². The Kier molecular flexibility index (Phi) is 4.94. The summed E-state index contributed by atoms with van der Waals surface area (Å²) < 4.78 is 1.15. The van der Waals surface area contributed by atoms with E-state index in [1.165, 1.54) is 16.2 Å². The van der Waals surface area contributed by atoms with Crippen LogP contribution in [0.25, 0.3) is 0 Å². The zero-order valence-corrected chi connectivity index (χ0v) is 12.7. The lowest BCUT2D eigenvalue weighted by Gasteiger charge is -2.01. The van der Waals surface area contributed by atoms with Gasteiger partial charge in [-0.25, -0.2) is 4.79 Å². The van der Waals surface area contributed by atoms with Gasteiger partial charge in [0.1, 0.15) is 4.88 Å². The molecular formula is C12H12BrNO2S2. The van der Waals surface area contributed by atoms with Crippen molar-refractivity contribution in [1.82, 2.24) is 5.32 Å². The van der Waals surface area contributed by atoms with Gasteiger partial charge in [-0.3, -0.25) is 0 Å². The van der Waals surface area contributed by atoms with Crippen molar-refractivity contribution in [3.63, 3.8) is 0 Å². The summed E-state index contributed by atoms with van der Waals surface area (Å²) in [6, 6.07) is 7.69. The van der Waals surface area contributed by atoms with Crippen LogP contribution in [0.15, 0.2) is 28.1 Å². The number of carbonyl (C=O) groups is 1. The van der Waals surface area contributed by atoms with Crippen molar-refractivity contribution in [3.05, 3.63) is 42.7 Å². The summed E-state index contributed by atoms with van der Waals surface area (Å²) >= 11 is 6.51. The third kappa shape index (κ3) is 3.91. The first-order valence-electron chi connectivity index (χ1n) is 5.42. The van der Waals surface area contributed by atoms with Gasteiger partial charge in [0, 0.05) is 22.8 Å². The van der Waals surface area contributed by atoms with Gasteiger partial charge in [-0.2, -0.15) is 0 Å². The number of nitrogens with one attached hydrogen (secondary N) is 1. The summed E-state index contributed by atoms with van der Waals surface area (Å²) in [5, 5.41) is 12.1. The van der Waals surface area contributed by atoms with E-state index in [-0.39, 0.29) is 0 Å². The van der Waals surface area contributed by atoms with E-state index in [2.05, 4.69) is 33.4 Å². The van der Waals surface area contributed by atoms with Gasteiger partial charge in [-0.05, 0) is 46.6 Å². The molecule has 0 aliphatic heterocycles. The topological polar surface area (TPSA) is 49.3 Å². The van der Waals surface area contributed by atoms with E-state index in [0.29, 0.717) is 4.88 Å². The summed E-state index contributed by atoms with van der Waals surface area (Å²) in [4.78, 5) is 13.5. The maximum atomic E-state index is 10.7. The van der Waals surface area contributed by atoms with Crippen LogP contribution in [0.4, 0.5) is 0 Å². The van der Waals surface area contributed by atoms with Crippen LogP contribution in [0.3, 0.4) is 0 Å². The minimum absolute atomic E-state index is 0.397. The molecule has 0 bridgehead atoms. The molecule has 0 amide bonds. The van der Waals surface area contributed by atoms with Gasteiger partial charge >= 0.3 is 5.97 Å². The molecule has 0 aliphatic rings.